The number of nitrogens with zero attached hydrogens (tertiary/aromatic N) is 8. The lowest BCUT2D eigenvalue weighted by Crippen LogP contribution is -2.41. The van der Waals surface area contributed by atoms with Crippen LogP contribution in [0.5, 0.6) is 0 Å². The second-order valence-corrected chi connectivity index (χ2v) is 28.3. The van der Waals surface area contributed by atoms with Crippen LogP contribution < -0.4 is 19.6 Å². The first kappa shape index (κ1) is 66.8. The van der Waals surface area contributed by atoms with Gasteiger partial charge in [-0.1, -0.05) is 97.1 Å². The molecule has 4 aromatic heterocycles. The van der Waals surface area contributed by atoms with E-state index in [1.165, 1.54) is 34.1 Å². The first-order valence-corrected chi connectivity index (χ1v) is 36.5. The molecule has 0 fully saturated rings. The Morgan fingerprint density at radius 3 is 0.727 bits per heavy atom. The Morgan fingerprint density at radius 1 is 0.245 bits per heavy atom. The molecule has 0 atom stereocenters. The molecule has 16 nitrogen and oxygen atoms in total. The van der Waals surface area contributed by atoms with Crippen molar-refractivity contribution in [1.82, 2.24) is 18.3 Å². The number of fused-ring (bicyclic) bond motifs is 16. The van der Waals surface area contributed by atoms with Crippen molar-refractivity contribution < 1.29 is 51.5 Å². The van der Waals surface area contributed by atoms with Crippen LogP contribution in [0.2, 0.25) is 0 Å². The number of para-hydroxylation sites is 4. The van der Waals surface area contributed by atoms with E-state index >= 15 is 13.2 Å². The summed E-state index contributed by atoms with van der Waals surface area (Å²) in [6.45, 7) is 12.2. The van der Waals surface area contributed by atoms with E-state index in [2.05, 4.69) is 56.4 Å². The highest BCUT2D eigenvalue weighted by Gasteiger charge is 2.55. The van der Waals surface area contributed by atoms with Gasteiger partial charge in [0.1, 0.15) is 5.41 Å². The summed E-state index contributed by atoms with van der Waals surface area (Å²) in [6, 6.07) is 71.3. The SMILES string of the molecule is CCn1c2ccccc2c2cc(N3C(=O)c4ccc(-c5ccc6c(c5)C(=O)N(c5ccc7c(c5)c5ccccc5n7CC)C6=O)cc4C3=O)ccc21.CCn1c2ccccc2c2cc(N3C(=O)c4ccc(C(C)(c5ccc6c(c5)C(=O)N(c5ccc7c(c5)c5ccccc5n7CC)C6=O)C(F)(F)F)cc4C3=O)ccc21. The zero-order valence-corrected chi connectivity index (χ0v) is 59.9. The maximum absolute atomic E-state index is 15.5. The maximum Gasteiger partial charge on any atom is 0.402 e. The minimum absolute atomic E-state index is 0.0150. The van der Waals surface area contributed by atoms with E-state index < -0.39 is 47.0 Å². The number of benzene rings is 12. The second kappa shape index (κ2) is 24.4. The zero-order valence-electron chi connectivity index (χ0n) is 59.9. The smallest absolute Gasteiger partial charge is 0.341 e. The molecule has 0 N–H and O–H groups in total. The molecule has 0 radical (unpaired) electrons. The Labute approximate surface area is 625 Å². The summed E-state index contributed by atoms with van der Waals surface area (Å²) in [7, 11) is 0. The number of anilines is 4. The van der Waals surface area contributed by atoms with Crippen LogP contribution in [0, 0.1) is 0 Å². The van der Waals surface area contributed by atoms with E-state index in [0.717, 1.165) is 129 Å². The van der Waals surface area contributed by atoms with Crippen molar-refractivity contribution >= 4 is 157 Å². The highest BCUT2D eigenvalue weighted by Crippen LogP contribution is 2.50. The molecular weight excluding hydrogens is 1390 g/mol. The van der Waals surface area contributed by atoms with Crippen molar-refractivity contribution in [3.63, 3.8) is 0 Å². The Kier molecular flexibility index (Phi) is 14.8. The lowest BCUT2D eigenvalue weighted by molar-refractivity contribution is -0.173. The summed E-state index contributed by atoms with van der Waals surface area (Å²) in [5.74, 6) is -4.33. The van der Waals surface area contributed by atoms with Crippen molar-refractivity contribution in [2.24, 2.45) is 0 Å². The molecule has 110 heavy (non-hydrogen) atoms. The number of aryl methyl sites for hydroxylation is 4. The molecule has 16 aromatic rings. The highest BCUT2D eigenvalue weighted by molar-refractivity contribution is 6.38. The van der Waals surface area contributed by atoms with E-state index in [0.29, 0.717) is 69.2 Å². The molecule has 0 saturated carbocycles. The lowest BCUT2D eigenvalue weighted by Gasteiger charge is -2.33. The van der Waals surface area contributed by atoms with E-state index in [1.807, 2.05) is 135 Å². The van der Waals surface area contributed by atoms with Gasteiger partial charge in [0.05, 0.1) is 67.3 Å². The molecule has 20 rings (SSSR count). The van der Waals surface area contributed by atoms with E-state index in [4.69, 9.17) is 0 Å². The fourth-order valence-corrected chi connectivity index (χ4v) is 17.5. The van der Waals surface area contributed by atoms with Crippen LogP contribution in [0.15, 0.2) is 243 Å². The van der Waals surface area contributed by atoms with E-state index in [-0.39, 0.29) is 45.2 Å². The summed E-state index contributed by atoms with van der Waals surface area (Å²) in [5, 5.41) is 7.65. The summed E-state index contributed by atoms with van der Waals surface area (Å²) in [6.07, 6.45) is -4.93. The zero-order chi connectivity index (χ0) is 75.8. The van der Waals surface area contributed by atoms with E-state index in [1.54, 1.807) is 60.7 Å². The predicted molar refractivity (Wildman–Crippen MR) is 422 cm³/mol. The third kappa shape index (κ3) is 9.39. The normalized spacial score (nSPS) is 14.4. The first-order valence-electron chi connectivity index (χ1n) is 36.5. The van der Waals surface area contributed by atoms with Crippen LogP contribution in [0.3, 0.4) is 0 Å². The minimum Gasteiger partial charge on any atom is -0.341 e. The van der Waals surface area contributed by atoms with Crippen LogP contribution in [0.25, 0.3) is 98.4 Å². The van der Waals surface area contributed by atoms with Gasteiger partial charge in [-0.2, -0.15) is 13.2 Å². The second-order valence-electron chi connectivity index (χ2n) is 28.3. The number of hydrogen-bond donors (Lipinski definition) is 0. The van der Waals surface area contributed by atoms with Crippen molar-refractivity contribution in [2.45, 2.75) is 72.4 Å². The summed E-state index contributed by atoms with van der Waals surface area (Å²) in [4.78, 5) is 115. The number of amides is 8. The quantitative estimate of drug-likeness (QED) is 0.115. The molecule has 4 aliphatic heterocycles. The number of alkyl halides is 3. The topological polar surface area (TPSA) is 169 Å². The standard InChI is InChI=1S/C47H33F3N4O4.C44H30N4O4/c1-4-51-38-12-8-6-10-30(38)34-24-28(16-20-40(34)51)53-42(55)32-18-14-26(22-36(32)44(53)57)46(3,47(48,49)50)27-15-19-33-37(23-27)45(58)54(43(33)56)29-17-21-41-35(25-29)31-11-7-9-13-39(31)52(41)5-2;1-3-45-37-11-7-5-9-29(37)33-23-27(15-19-39(33)45)47-41(49)31-17-13-25(21-35(31)43(47)51)26-14-18-32-36(22-26)44(52)48(42(32)50)28-16-20-40-34(24-28)30-10-6-8-12-38(30)46(40)4-2/h6-25H,4-5H2,1-3H3;5-24H,3-4H2,1-2H3. The average molecular weight is 1450 g/mol. The molecule has 0 bridgehead atoms. The van der Waals surface area contributed by atoms with Crippen LogP contribution >= 0.6 is 0 Å². The Balaban J connectivity index is 0.000000150. The molecule has 12 aromatic carbocycles. The number of imide groups is 4. The van der Waals surface area contributed by atoms with Gasteiger partial charge in [0.25, 0.3) is 47.3 Å². The predicted octanol–water partition coefficient (Wildman–Crippen LogP) is 19.6. The van der Waals surface area contributed by atoms with Crippen molar-refractivity contribution in [3.05, 3.63) is 298 Å². The molecule has 536 valence electrons. The van der Waals surface area contributed by atoms with Crippen LogP contribution in [-0.4, -0.2) is 71.7 Å². The molecule has 8 heterocycles. The van der Waals surface area contributed by atoms with Gasteiger partial charge < -0.3 is 18.3 Å². The Bertz CT molecular complexity index is 6510. The average Bonchev–Trinajstić information content (AvgIpc) is 1.49. The minimum atomic E-state index is -4.93. The summed E-state index contributed by atoms with van der Waals surface area (Å²) < 4.78 is 55.2. The molecule has 0 aliphatic carbocycles. The molecule has 0 spiro atoms. The molecule has 4 aliphatic rings. The number of halogens is 3. The maximum atomic E-state index is 15.5. The van der Waals surface area contributed by atoms with Crippen LogP contribution in [0.1, 0.15) is 129 Å². The van der Waals surface area contributed by atoms with Gasteiger partial charge in [0.2, 0.25) is 0 Å². The highest BCUT2D eigenvalue weighted by atomic mass is 19.4. The molecule has 8 amide bonds. The number of hydrogen-bond acceptors (Lipinski definition) is 8. The first-order chi connectivity index (χ1) is 53.2. The third-order valence-corrected chi connectivity index (χ3v) is 22.9. The number of carbonyl (C=O) groups is 8. The van der Waals surface area contributed by atoms with Gasteiger partial charge in [-0.3, -0.25) is 38.4 Å². The van der Waals surface area contributed by atoms with Crippen LogP contribution in [-0.2, 0) is 31.6 Å². The van der Waals surface area contributed by atoms with Crippen molar-refractivity contribution in [2.75, 3.05) is 19.6 Å². The van der Waals surface area contributed by atoms with Crippen LogP contribution in [0.4, 0.5) is 35.9 Å². The molecule has 19 heteroatoms. The van der Waals surface area contributed by atoms with Gasteiger partial charge in [0, 0.05) is 113 Å². The number of rotatable bonds is 11. The Hall–Kier alpha value is -13.8. The number of carbonyl (C=O) groups excluding carboxylic acids is 8. The fourth-order valence-electron chi connectivity index (χ4n) is 17.5. The monoisotopic (exact) mass is 1450 g/mol. The largest absolute Gasteiger partial charge is 0.402 e. The third-order valence-electron chi connectivity index (χ3n) is 22.9. The van der Waals surface area contributed by atoms with Gasteiger partial charge in [-0.15, -0.1) is 0 Å². The lowest BCUT2D eigenvalue weighted by atomic mass is 9.74. The molecular formula is C91H63F3N8O8. The van der Waals surface area contributed by atoms with Gasteiger partial charge >= 0.3 is 6.18 Å². The van der Waals surface area contributed by atoms with Crippen molar-refractivity contribution in [1.29, 1.82) is 0 Å². The Morgan fingerprint density at radius 2 is 0.473 bits per heavy atom. The molecule has 0 saturated heterocycles. The summed E-state index contributed by atoms with van der Waals surface area (Å²) >= 11 is 0. The number of aromatic nitrogens is 4. The van der Waals surface area contributed by atoms with Gasteiger partial charge in [-0.25, -0.2) is 19.6 Å². The fraction of sp³-hybridized carbons (Fsp3) is 0.121. The molecule has 0 unspecified atom stereocenters. The van der Waals surface area contributed by atoms with E-state index in [9.17, 15) is 38.4 Å². The van der Waals surface area contributed by atoms with Gasteiger partial charge in [-0.05, 0) is 202 Å². The van der Waals surface area contributed by atoms with Crippen molar-refractivity contribution in [3.8, 4) is 11.1 Å². The summed E-state index contributed by atoms with van der Waals surface area (Å²) in [5.41, 5.74) is 8.64. The van der Waals surface area contributed by atoms with Gasteiger partial charge in [0.15, 0.2) is 0 Å².